The molecule has 2 amide bonds. The average Bonchev–Trinajstić information content (AvgIpc) is 3.22. The van der Waals surface area contributed by atoms with E-state index in [1.165, 1.54) is 0 Å². The van der Waals surface area contributed by atoms with Crippen molar-refractivity contribution in [2.45, 2.75) is 25.6 Å². The van der Waals surface area contributed by atoms with Gasteiger partial charge in [-0.15, -0.1) is 11.3 Å². The van der Waals surface area contributed by atoms with Gasteiger partial charge >= 0.3 is 11.8 Å². The number of carbonyl (C=O) groups is 2. The summed E-state index contributed by atoms with van der Waals surface area (Å²) in [7, 11) is 0. The van der Waals surface area contributed by atoms with E-state index in [1.54, 1.807) is 17.4 Å². The van der Waals surface area contributed by atoms with E-state index in [1.807, 2.05) is 36.6 Å². The maximum Gasteiger partial charge on any atom is 0.309 e. The molecule has 0 saturated carbocycles. The molecule has 2 heterocycles. The molecule has 0 unspecified atom stereocenters. The summed E-state index contributed by atoms with van der Waals surface area (Å²) in [6, 6.07) is 11.1. The van der Waals surface area contributed by atoms with Crippen molar-refractivity contribution in [3.05, 3.63) is 57.2 Å². The van der Waals surface area contributed by atoms with Crippen LogP contribution in [-0.4, -0.2) is 49.1 Å². The lowest BCUT2D eigenvalue weighted by molar-refractivity contribution is -0.140. The first kappa shape index (κ1) is 20.8. The molecule has 1 aliphatic rings. The summed E-state index contributed by atoms with van der Waals surface area (Å²) in [5.74, 6) is -1.31. The minimum atomic E-state index is -0.668. The summed E-state index contributed by atoms with van der Waals surface area (Å²) in [6.45, 7) is 5.06. The van der Waals surface area contributed by atoms with Crippen molar-refractivity contribution in [1.29, 1.82) is 0 Å². The Balaban J connectivity index is 1.60. The second kappa shape index (κ2) is 10.0. The highest BCUT2D eigenvalue weighted by Gasteiger charge is 2.30. The second-order valence-electron chi connectivity index (χ2n) is 6.64. The number of thiophene rings is 1. The van der Waals surface area contributed by atoms with Crippen molar-refractivity contribution in [1.82, 2.24) is 15.5 Å². The Kier molecular flexibility index (Phi) is 7.44. The fourth-order valence-corrected chi connectivity index (χ4v) is 4.47. The standard InChI is InChI=1S/C20H24ClN3O3S/c1-14(18(17-7-4-12-28-17)24-8-10-27-11-9-24)23-20(26)19(25)22-13-15-5-2-3-6-16(15)21/h2-7,12,14,18H,8-11,13H2,1H3,(H,22,25)(H,23,26)/t14-,18-/m0/s1. The number of ether oxygens (including phenoxy) is 1. The number of nitrogens with zero attached hydrogens (tertiary/aromatic N) is 1. The normalized spacial score (nSPS) is 16.9. The number of hydrogen-bond donors (Lipinski definition) is 2. The third-order valence-electron chi connectivity index (χ3n) is 4.71. The molecule has 0 spiro atoms. The largest absolute Gasteiger partial charge is 0.379 e. The molecule has 1 aromatic heterocycles. The van der Waals surface area contributed by atoms with E-state index in [9.17, 15) is 9.59 Å². The Bertz CT molecular complexity index is 794. The van der Waals surface area contributed by atoms with Gasteiger partial charge in [-0.05, 0) is 30.0 Å². The van der Waals surface area contributed by atoms with E-state index in [4.69, 9.17) is 16.3 Å². The number of amides is 2. The number of morpholine rings is 1. The number of carbonyl (C=O) groups excluding carboxylic acids is 2. The van der Waals surface area contributed by atoms with Crippen LogP contribution in [0.1, 0.15) is 23.4 Å². The highest BCUT2D eigenvalue weighted by atomic mass is 35.5. The van der Waals surface area contributed by atoms with Gasteiger partial charge in [0.25, 0.3) is 0 Å². The van der Waals surface area contributed by atoms with Crippen LogP contribution in [0.5, 0.6) is 0 Å². The van der Waals surface area contributed by atoms with Crippen LogP contribution in [0.25, 0.3) is 0 Å². The van der Waals surface area contributed by atoms with Gasteiger partial charge in [-0.25, -0.2) is 0 Å². The van der Waals surface area contributed by atoms with Crippen molar-refractivity contribution >= 4 is 34.8 Å². The van der Waals surface area contributed by atoms with Crippen LogP contribution in [0.15, 0.2) is 41.8 Å². The molecule has 1 fully saturated rings. The van der Waals surface area contributed by atoms with E-state index in [-0.39, 0.29) is 18.6 Å². The van der Waals surface area contributed by atoms with Crippen molar-refractivity contribution in [3.8, 4) is 0 Å². The molecule has 2 aromatic rings. The van der Waals surface area contributed by atoms with Gasteiger partial charge in [0.05, 0.1) is 19.3 Å². The molecule has 1 saturated heterocycles. The fraction of sp³-hybridized carbons (Fsp3) is 0.400. The maximum absolute atomic E-state index is 12.4. The van der Waals surface area contributed by atoms with Gasteiger partial charge in [0.15, 0.2) is 0 Å². The summed E-state index contributed by atoms with van der Waals surface area (Å²) >= 11 is 7.74. The summed E-state index contributed by atoms with van der Waals surface area (Å²) in [6.07, 6.45) is 0. The minimum Gasteiger partial charge on any atom is -0.379 e. The minimum absolute atomic E-state index is 0.00391. The Morgan fingerprint density at radius 3 is 2.61 bits per heavy atom. The van der Waals surface area contributed by atoms with Crippen LogP contribution < -0.4 is 10.6 Å². The topological polar surface area (TPSA) is 70.7 Å². The molecule has 0 aliphatic carbocycles. The van der Waals surface area contributed by atoms with Gasteiger partial charge in [-0.2, -0.15) is 0 Å². The molecular formula is C20H24ClN3O3S. The van der Waals surface area contributed by atoms with E-state index >= 15 is 0 Å². The molecule has 6 nitrogen and oxygen atoms in total. The first-order valence-corrected chi connectivity index (χ1v) is 10.5. The predicted molar refractivity (Wildman–Crippen MR) is 110 cm³/mol. The van der Waals surface area contributed by atoms with Crippen LogP contribution in [0.2, 0.25) is 5.02 Å². The second-order valence-corrected chi connectivity index (χ2v) is 8.03. The van der Waals surface area contributed by atoms with E-state index in [2.05, 4.69) is 21.6 Å². The quantitative estimate of drug-likeness (QED) is 0.703. The third kappa shape index (κ3) is 5.32. The number of hydrogen-bond acceptors (Lipinski definition) is 5. The van der Waals surface area contributed by atoms with E-state index in [0.717, 1.165) is 23.5 Å². The third-order valence-corrected chi connectivity index (χ3v) is 6.02. The number of benzene rings is 1. The first-order valence-electron chi connectivity index (χ1n) is 9.23. The predicted octanol–water partition coefficient (Wildman–Crippen LogP) is 2.60. The monoisotopic (exact) mass is 421 g/mol. The SMILES string of the molecule is C[C@H](NC(=O)C(=O)NCc1ccccc1Cl)[C@@H](c1cccs1)N1CCOCC1. The van der Waals surface area contributed by atoms with Crippen LogP contribution >= 0.6 is 22.9 Å². The maximum atomic E-state index is 12.4. The molecule has 3 rings (SSSR count). The smallest absolute Gasteiger partial charge is 0.309 e. The zero-order chi connectivity index (χ0) is 19.9. The number of nitrogens with one attached hydrogen (secondary N) is 2. The zero-order valence-electron chi connectivity index (χ0n) is 15.7. The Hall–Kier alpha value is -1.93. The average molecular weight is 422 g/mol. The summed E-state index contributed by atoms with van der Waals surface area (Å²) in [5.41, 5.74) is 0.767. The van der Waals surface area contributed by atoms with Gasteiger partial charge in [0.1, 0.15) is 0 Å². The highest BCUT2D eigenvalue weighted by molar-refractivity contribution is 7.10. The fourth-order valence-electron chi connectivity index (χ4n) is 3.31. The van der Waals surface area contributed by atoms with E-state index in [0.29, 0.717) is 18.2 Å². The molecule has 0 radical (unpaired) electrons. The van der Waals surface area contributed by atoms with Gasteiger partial charge in [-0.1, -0.05) is 35.9 Å². The van der Waals surface area contributed by atoms with Gasteiger partial charge < -0.3 is 15.4 Å². The van der Waals surface area contributed by atoms with Crippen LogP contribution in [0.4, 0.5) is 0 Å². The lowest BCUT2D eigenvalue weighted by atomic mass is 10.1. The molecular weight excluding hydrogens is 398 g/mol. The Morgan fingerprint density at radius 2 is 1.93 bits per heavy atom. The molecule has 150 valence electrons. The molecule has 1 aliphatic heterocycles. The van der Waals surface area contributed by atoms with Gasteiger partial charge in [0, 0.05) is 35.6 Å². The Morgan fingerprint density at radius 1 is 1.18 bits per heavy atom. The molecule has 8 heteroatoms. The van der Waals surface area contributed by atoms with Crippen molar-refractivity contribution in [2.24, 2.45) is 0 Å². The van der Waals surface area contributed by atoms with Crippen molar-refractivity contribution in [2.75, 3.05) is 26.3 Å². The van der Waals surface area contributed by atoms with E-state index < -0.39 is 11.8 Å². The van der Waals surface area contributed by atoms with Gasteiger partial charge in [0.2, 0.25) is 0 Å². The summed E-state index contributed by atoms with van der Waals surface area (Å²) in [4.78, 5) is 28.1. The first-order chi connectivity index (χ1) is 13.6. The highest BCUT2D eigenvalue weighted by Crippen LogP contribution is 2.29. The summed E-state index contributed by atoms with van der Waals surface area (Å²) in [5, 5.41) is 8.07. The summed E-state index contributed by atoms with van der Waals surface area (Å²) < 4.78 is 5.45. The molecule has 2 atom stereocenters. The lowest BCUT2D eigenvalue weighted by Crippen LogP contribution is -2.51. The lowest BCUT2D eigenvalue weighted by Gasteiger charge is -2.37. The van der Waals surface area contributed by atoms with Crippen molar-refractivity contribution < 1.29 is 14.3 Å². The number of halogens is 1. The van der Waals surface area contributed by atoms with Gasteiger partial charge in [-0.3, -0.25) is 14.5 Å². The zero-order valence-corrected chi connectivity index (χ0v) is 17.3. The van der Waals surface area contributed by atoms with Crippen molar-refractivity contribution in [3.63, 3.8) is 0 Å². The number of rotatable bonds is 6. The Labute approximate surface area is 173 Å². The molecule has 1 aromatic carbocycles. The van der Waals surface area contributed by atoms with Crippen LogP contribution in [-0.2, 0) is 20.9 Å². The van der Waals surface area contributed by atoms with Crippen LogP contribution in [0.3, 0.4) is 0 Å². The van der Waals surface area contributed by atoms with Crippen LogP contribution in [0, 0.1) is 0 Å². The molecule has 2 N–H and O–H groups in total. The molecule has 0 bridgehead atoms. The molecule has 28 heavy (non-hydrogen) atoms.